The number of aromatic nitrogens is 2. The molecule has 2 rings (SSSR count). The zero-order chi connectivity index (χ0) is 15.7. The van der Waals surface area contributed by atoms with Gasteiger partial charge in [-0.15, -0.1) is 23.5 Å². The van der Waals surface area contributed by atoms with Crippen LogP contribution in [0.2, 0.25) is 0 Å². The van der Waals surface area contributed by atoms with Crippen molar-refractivity contribution < 1.29 is 0 Å². The molecule has 1 saturated heterocycles. The second kappa shape index (κ2) is 9.92. The molecule has 1 aliphatic heterocycles. The Kier molecular flexibility index (Phi) is 8.23. The zero-order valence-electron chi connectivity index (χ0n) is 14.3. The number of thioether (sulfide) groups is 2. The van der Waals surface area contributed by atoms with Crippen LogP contribution in [0, 0.1) is 0 Å². The largest absolute Gasteiger partial charge is 0.335 e. The lowest BCUT2D eigenvalue weighted by Crippen LogP contribution is -2.33. The molecule has 2 unspecified atom stereocenters. The summed E-state index contributed by atoms with van der Waals surface area (Å²) in [5, 5.41) is 0.800. The third-order valence-electron chi connectivity index (χ3n) is 4.45. The van der Waals surface area contributed by atoms with Gasteiger partial charge >= 0.3 is 0 Å². The predicted octanol–water partition coefficient (Wildman–Crippen LogP) is 5.98. The van der Waals surface area contributed by atoms with Gasteiger partial charge in [0.15, 0.2) is 0 Å². The Bertz CT molecular complexity index is 394. The van der Waals surface area contributed by atoms with E-state index in [1.807, 2.05) is 12.5 Å². The van der Waals surface area contributed by atoms with Crippen molar-refractivity contribution >= 4 is 23.5 Å². The molecule has 1 fully saturated rings. The molecule has 0 saturated carbocycles. The van der Waals surface area contributed by atoms with E-state index in [1.165, 1.54) is 63.5 Å². The van der Waals surface area contributed by atoms with Gasteiger partial charge in [0.1, 0.15) is 0 Å². The topological polar surface area (TPSA) is 17.8 Å². The van der Waals surface area contributed by atoms with Gasteiger partial charge in [0.2, 0.25) is 0 Å². The van der Waals surface area contributed by atoms with Gasteiger partial charge in [-0.3, -0.25) is 0 Å². The monoisotopic (exact) mass is 340 g/mol. The zero-order valence-corrected chi connectivity index (χ0v) is 15.9. The molecule has 0 amide bonds. The highest BCUT2D eigenvalue weighted by atomic mass is 32.2. The van der Waals surface area contributed by atoms with Gasteiger partial charge in [-0.1, -0.05) is 58.8 Å². The van der Waals surface area contributed by atoms with Crippen LogP contribution < -0.4 is 0 Å². The highest BCUT2D eigenvalue weighted by Gasteiger charge is 2.36. The molecule has 0 bridgehead atoms. The molecular formula is C18H32N2S2. The van der Waals surface area contributed by atoms with Crippen LogP contribution in [0.15, 0.2) is 18.7 Å². The average molecular weight is 341 g/mol. The van der Waals surface area contributed by atoms with Crippen LogP contribution in [-0.2, 0) is 6.54 Å². The highest BCUT2D eigenvalue weighted by molar-refractivity contribution is 8.19. The summed E-state index contributed by atoms with van der Waals surface area (Å²) >= 11 is 4.42. The van der Waals surface area contributed by atoms with Crippen LogP contribution >= 0.6 is 23.5 Å². The van der Waals surface area contributed by atoms with E-state index in [0.29, 0.717) is 4.08 Å². The first kappa shape index (κ1) is 18.3. The van der Waals surface area contributed by atoms with Crippen molar-refractivity contribution in [2.24, 2.45) is 0 Å². The first-order valence-corrected chi connectivity index (χ1v) is 10.9. The predicted molar refractivity (Wildman–Crippen MR) is 102 cm³/mol. The van der Waals surface area contributed by atoms with Crippen molar-refractivity contribution in [2.75, 3.05) is 5.75 Å². The summed E-state index contributed by atoms with van der Waals surface area (Å²) in [6.45, 7) is 5.80. The summed E-state index contributed by atoms with van der Waals surface area (Å²) in [6, 6.07) is 0. The maximum atomic E-state index is 4.22. The van der Waals surface area contributed by atoms with Gasteiger partial charge in [0.25, 0.3) is 0 Å². The summed E-state index contributed by atoms with van der Waals surface area (Å²) in [4.78, 5) is 4.22. The standard InChI is InChI=1S/C18H32N2S2/c1-3-4-5-6-7-8-9-11-18(15-20-13-12-19-16-20)21-14-10-17(2)22-18/h12-13,16-17H,3-11,14-15H2,1-2H3. The summed E-state index contributed by atoms with van der Waals surface area (Å²) in [6.07, 6.45) is 18.5. The fourth-order valence-electron chi connectivity index (χ4n) is 3.17. The quantitative estimate of drug-likeness (QED) is 0.488. The minimum atomic E-state index is 0.377. The van der Waals surface area contributed by atoms with E-state index in [4.69, 9.17) is 0 Å². The first-order chi connectivity index (χ1) is 10.7. The van der Waals surface area contributed by atoms with Crippen LogP contribution in [0.25, 0.3) is 0 Å². The first-order valence-electron chi connectivity index (χ1n) is 9.01. The molecule has 4 heteroatoms. The Labute approximate surface area is 145 Å². The normalized spacial score (nSPS) is 25.5. The molecule has 1 aromatic rings. The van der Waals surface area contributed by atoms with E-state index >= 15 is 0 Å². The molecule has 2 heterocycles. The fraction of sp³-hybridized carbons (Fsp3) is 0.833. The van der Waals surface area contributed by atoms with Crippen molar-refractivity contribution in [2.45, 2.75) is 87.5 Å². The molecule has 1 aliphatic rings. The number of imidazole rings is 1. The SMILES string of the molecule is CCCCCCCCCC1(Cn2ccnc2)SCCC(C)S1. The number of nitrogens with zero attached hydrogens (tertiary/aromatic N) is 2. The number of unbranched alkanes of at least 4 members (excludes halogenated alkanes) is 6. The molecule has 2 atom stereocenters. The molecule has 0 radical (unpaired) electrons. The van der Waals surface area contributed by atoms with E-state index in [-0.39, 0.29) is 0 Å². The van der Waals surface area contributed by atoms with E-state index in [1.54, 1.807) is 0 Å². The molecule has 2 nitrogen and oxygen atoms in total. The van der Waals surface area contributed by atoms with Crippen molar-refractivity contribution in [3.63, 3.8) is 0 Å². The smallest absolute Gasteiger partial charge is 0.0946 e. The van der Waals surface area contributed by atoms with Crippen molar-refractivity contribution in [1.82, 2.24) is 9.55 Å². The summed E-state index contributed by atoms with van der Waals surface area (Å²) in [7, 11) is 0. The van der Waals surface area contributed by atoms with E-state index in [2.05, 4.69) is 53.1 Å². The molecule has 126 valence electrons. The van der Waals surface area contributed by atoms with Gasteiger partial charge < -0.3 is 4.57 Å². The molecule has 0 aromatic carbocycles. The number of rotatable bonds is 10. The maximum absolute atomic E-state index is 4.22. The van der Waals surface area contributed by atoms with Crippen molar-refractivity contribution in [3.8, 4) is 0 Å². The van der Waals surface area contributed by atoms with Crippen LogP contribution in [0.4, 0.5) is 0 Å². The fourth-order valence-corrected chi connectivity index (χ4v) is 7.16. The molecular weight excluding hydrogens is 308 g/mol. The Balaban J connectivity index is 1.78. The van der Waals surface area contributed by atoms with Gasteiger partial charge in [0, 0.05) is 24.2 Å². The molecule has 0 aliphatic carbocycles. The second-order valence-corrected chi connectivity index (χ2v) is 10.1. The van der Waals surface area contributed by atoms with Crippen LogP contribution in [-0.4, -0.2) is 24.6 Å². The minimum absolute atomic E-state index is 0.377. The van der Waals surface area contributed by atoms with E-state index in [0.717, 1.165) is 11.8 Å². The summed E-state index contributed by atoms with van der Waals surface area (Å²) < 4.78 is 2.65. The molecule has 22 heavy (non-hydrogen) atoms. The van der Waals surface area contributed by atoms with Crippen LogP contribution in [0.3, 0.4) is 0 Å². The van der Waals surface area contributed by atoms with Crippen molar-refractivity contribution in [1.29, 1.82) is 0 Å². The lowest BCUT2D eigenvalue weighted by atomic mass is 10.1. The third kappa shape index (κ3) is 6.19. The Morgan fingerprint density at radius 1 is 1.18 bits per heavy atom. The summed E-state index contributed by atoms with van der Waals surface area (Å²) in [5.74, 6) is 1.32. The van der Waals surface area contributed by atoms with Gasteiger partial charge in [-0.2, -0.15) is 0 Å². The third-order valence-corrected chi connectivity index (χ3v) is 7.79. The Morgan fingerprint density at radius 3 is 2.64 bits per heavy atom. The summed E-state index contributed by atoms with van der Waals surface area (Å²) in [5.41, 5.74) is 0. The molecule has 0 N–H and O–H groups in total. The minimum Gasteiger partial charge on any atom is -0.335 e. The second-order valence-electron chi connectivity index (χ2n) is 6.58. The number of hydrogen-bond donors (Lipinski definition) is 0. The van der Waals surface area contributed by atoms with Crippen molar-refractivity contribution in [3.05, 3.63) is 18.7 Å². The Morgan fingerprint density at radius 2 is 1.95 bits per heavy atom. The Hall–Kier alpha value is -0.0900. The van der Waals surface area contributed by atoms with Gasteiger partial charge in [0.05, 0.1) is 10.4 Å². The number of hydrogen-bond acceptors (Lipinski definition) is 3. The van der Waals surface area contributed by atoms with E-state index < -0.39 is 0 Å². The van der Waals surface area contributed by atoms with E-state index in [9.17, 15) is 0 Å². The lowest BCUT2D eigenvalue weighted by molar-refractivity contribution is 0.524. The highest BCUT2D eigenvalue weighted by Crippen LogP contribution is 2.50. The maximum Gasteiger partial charge on any atom is 0.0946 e. The lowest BCUT2D eigenvalue weighted by Gasteiger charge is -2.39. The van der Waals surface area contributed by atoms with Crippen LogP contribution in [0.5, 0.6) is 0 Å². The van der Waals surface area contributed by atoms with Gasteiger partial charge in [-0.25, -0.2) is 4.98 Å². The average Bonchev–Trinajstić information content (AvgIpc) is 2.99. The molecule has 1 aromatic heterocycles. The van der Waals surface area contributed by atoms with Gasteiger partial charge in [-0.05, 0) is 18.6 Å². The molecule has 0 spiro atoms. The van der Waals surface area contributed by atoms with Crippen LogP contribution in [0.1, 0.15) is 71.6 Å².